The standard InChI is InChI=1S/C17H19NO5S/c19-16-3-1-2-10-4-6-12(9-13(10)16)24(22,23)18-11-5-7-15(18)14(8-11)17(20)21/h4,6,9,11,14-15H,1-3,5,7-8H2,(H,20,21). The number of carboxylic acid groups (broad SMARTS) is 1. The molecule has 1 aromatic rings. The van der Waals surface area contributed by atoms with Crippen molar-refractivity contribution in [2.45, 2.75) is 55.5 Å². The van der Waals surface area contributed by atoms with Crippen molar-refractivity contribution in [1.82, 2.24) is 4.31 Å². The van der Waals surface area contributed by atoms with Crippen molar-refractivity contribution in [1.29, 1.82) is 0 Å². The first-order valence-corrected chi connectivity index (χ1v) is 9.76. The van der Waals surface area contributed by atoms with Crippen LogP contribution in [0.25, 0.3) is 0 Å². The van der Waals surface area contributed by atoms with Gasteiger partial charge in [-0.25, -0.2) is 8.42 Å². The minimum Gasteiger partial charge on any atom is -0.481 e. The Morgan fingerprint density at radius 2 is 2.00 bits per heavy atom. The van der Waals surface area contributed by atoms with Gasteiger partial charge in [-0.2, -0.15) is 4.31 Å². The summed E-state index contributed by atoms with van der Waals surface area (Å²) in [5, 5.41) is 9.32. The Hall–Kier alpha value is -1.73. The lowest BCUT2D eigenvalue weighted by Crippen LogP contribution is -2.38. The van der Waals surface area contributed by atoms with Gasteiger partial charge in [0, 0.05) is 24.1 Å². The number of carbonyl (C=O) groups is 2. The number of nitrogens with zero attached hydrogens (tertiary/aromatic N) is 1. The van der Waals surface area contributed by atoms with Gasteiger partial charge >= 0.3 is 5.97 Å². The topological polar surface area (TPSA) is 91.8 Å². The van der Waals surface area contributed by atoms with E-state index in [1.165, 1.54) is 10.4 Å². The van der Waals surface area contributed by atoms with Crippen LogP contribution in [0.15, 0.2) is 23.1 Å². The third kappa shape index (κ3) is 2.22. The zero-order valence-corrected chi connectivity index (χ0v) is 14.0. The van der Waals surface area contributed by atoms with Crippen molar-refractivity contribution in [3.63, 3.8) is 0 Å². The zero-order valence-electron chi connectivity index (χ0n) is 13.1. The molecule has 24 heavy (non-hydrogen) atoms. The fourth-order valence-corrected chi connectivity index (χ4v) is 6.41. The Labute approximate surface area is 140 Å². The summed E-state index contributed by atoms with van der Waals surface area (Å²) in [6.45, 7) is 0. The van der Waals surface area contributed by atoms with Gasteiger partial charge in [-0.1, -0.05) is 6.07 Å². The number of rotatable bonds is 3. The Morgan fingerprint density at radius 3 is 2.71 bits per heavy atom. The normalized spacial score (nSPS) is 29.7. The Balaban J connectivity index is 1.73. The van der Waals surface area contributed by atoms with Crippen LogP contribution in [0.1, 0.15) is 48.0 Å². The van der Waals surface area contributed by atoms with Crippen LogP contribution in [-0.4, -0.2) is 41.7 Å². The van der Waals surface area contributed by atoms with E-state index in [9.17, 15) is 23.1 Å². The summed E-state index contributed by atoms with van der Waals surface area (Å²) < 4.78 is 27.5. The molecule has 1 aromatic carbocycles. The second-order valence-electron chi connectivity index (χ2n) is 6.91. The first kappa shape index (κ1) is 15.8. The molecule has 4 rings (SSSR count). The molecule has 0 radical (unpaired) electrons. The van der Waals surface area contributed by atoms with E-state index in [0.29, 0.717) is 31.2 Å². The summed E-state index contributed by atoms with van der Waals surface area (Å²) in [6.07, 6.45) is 3.71. The van der Waals surface area contributed by atoms with Crippen LogP contribution in [0.2, 0.25) is 0 Å². The van der Waals surface area contributed by atoms with E-state index >= 15 is 0 Å². The third-order valence-corrected chi connectivity index (χ3v) is 7.57. The largest absolute Gasteiger partial charge is 0.481 e. The highest BCUT2D eigenvalue weighted by molar-refractivity contribution is 7.89. The maximum absolute atomic E-state index is 13.1. The molecule has 2 aliphatic heterocycles. The molecule has 2 bridgehead atoms. The second-order valence-corrected chi connectivity index (χ2v) is 8.75. The lowest BCUT2D eigenvalue weighted by Gasteiger charge is -2.23. The van der Waals surface area contributed by atoms with E-state index in [1.807, 2.05) is 0 Å². The SMILES string of the molecule is O=C1CCCc2ccc(S(=O)(=O)N3C4CCC3C(C(=O)O)C4)cc21. The molecule has 2 saturated heterocycles. The number of hydrogen-bond donors (Lipinski definition) is 1. The average Bonchev–Trinajstić information content (AvgIpc) is 3.13. The number of carbonyl (C=O) groups excluding carboxylic acids is 1. The Bertz CT molecular complexity index is 831. The van der Waals surface area contributed by atoms with Crippen molar-refractivity contribution < 1.29 is 23.1 Å². The molecular formula is C17H19NO5S. The molecule has 3 aliphatic rings. The Morgan fingerprint density at radius 1 is 1.21 bits per heavy atom. The number of hydrogen-bond acceptors (Lipinski definition) is 4. The highest BCUT2D eigenvalue weighted by atomic mass is 32.2. The van der Waals surface area contributed by atoms with Crippen molar-refractivity contribution >= 4 is 21.8 Å². The van der Waals surface area contributed by atoms with E-state index in [0.717, 1.165) is 18.4 Å². The molecule has 3 atom stereocenters. The van der Waals surface area contributed by atoms with E-state index in [-0.39, 0.29) is 16.7 Å². The lowest BCUT2D eigenvalue weighted by atomic mass is 9.89. The molecule has 0 saturated carbocycles. The first-order valence-electron chi connectivity index (χ1n) is 8.32. The highest BCUT2D eigenvalue weighted by Crippen LogP contribution is 2.45. The molecule has 0 spiro atoms. The highest BCUT2D eigenvalue weighted by Gasteiger charge is 2.54. The van der Waals surface area contributed by atoms with Crippen LogP contribution in [0.4, 0.5) is 0 Å². The molecule has 0 aromatic heterocycles. The monoisotopic (exact) mass is 349 g/mol. The number of aliphatic carboxylic acids is 1. The molecular weight excluding hydrogens is 330 g/mol. The minimum atomic E-state index is -3.78. The summed E-state index contributed by atoms with van der Waals surface area (Å²) in [6, 6.07) is 4.06. The summed E-state index contributed by atoms with van der Waals surface area (Å²) in [4.78, 5) is 23.6. The van der Waals surface area contributed by atoms with Gasteiger partial charge in [0.25, 0.3) is 0 Å². The van der Waals surface area contributed by atoms with Gasteiger partial charge in [0.2, 0.25) is 10.0 Å². The van der Waals surface area contributed by atoms with Gasteiger partial charge in [0.05, 0.1) is 10.8 Å². The van der Waals surface area contributed by atoms with Crippen LogP contribution in [0, 0.1) is 5.92 Å². The van der Waals surface area contributed by atoms with Crippen molar-refractivity contribution in [3.8, 4) is 0 Å². The van der Waals surface area contributed by atoms with Gasteiger partial charge in [0.15, 0.2) is 5.78 Å². The fraction of sp³-hybridized carbons (Fsp3) is 0.529. The molecule has 2 fully saturated rings. The number of aryl methyl sites for hydroxylation is 1. The zero-order chi connectivity index (χ0) is 17.1. The molecule has 1 N–H and O–H groups in total. The van der Waals surface area contributed by atoms with Gasteiger partial charge in [-0.3, -0.25) is 9.59 Å². The number of sulfonamides is 1. The summed E-state index contributed by atoms with van der Waals surface area (Å²) in [7, 11) is -3.78. The van der Waals surface area contributed by atoms with Crippen molar-refractivity contribution in [2.24, 2.45) is 5.92 Å². The number of benzene rings is 1. The molecule has 3 unspecified atom stereocenters. The fourth-order valence-electron chi connectivity index (χ4n) is 4.47. The predicted molar refractivity (Wildman–Crippen MR) is 85.3 cm³/mol. The molecule has 2 heterocycles. The Kier molecular flexibility index (Phi) is 3.54. The van der Waals surface area contributed by atoms with E-state index in [4.69, 9.17) is 0 Å². The average molecular weight is 349 g/mol. The van der Waals surface area contributed by atoms with Crippen molar-refractivity contribution in [2.75, 3.05) is 0 Å². The quantitative estimate of drug-likeness (QED) is 0.899. The van der Waals surface area contributed by atoms with E-state index in [2.05, 4.69) is 0 Å². The number of Topliss-reactive ketones (excluding diaryl/α,β-unsaturated/α-hetero) is 1. The molecule has 6 nitrogen and oxygen atoms in total. The predicted octanol–water partition coefficient (Wildman–Crippen LogP) is 1.83. The van der Waals surface area contributed by atoms with E-state index < -0.39 is 28.0 Å². The van der Waals surface area contributed by atoms with Crippen LogP contribution >= 0.6 is 0 Å². The van der Waals surface area contributed by atoms with Gasteiger partial charge in [-0.05, 0) is 49.8 Å². The van der Waals surface area contributed by atoms with Crippen LogP contribution in [0.5, 0.6) is 0 Å². The molecule has 7 heteroatoms. The van der Waals surface area contributed by atoms with Crippen LogP contribution < -0.4 is 0 Å². The summed E-state index contributed by atoms with van der Waals surface area (Å²) >= 11 is 0. The van der Waals surface area contributed by atoms with E-state index in [1.54, 1.807) is 12.1 Å². The van der Waals surface area contributed by atoms with Crippen LogP contribution in [0.3, 0.4) is 0 Å². The minimum absolute atomic E-state index is 0.0129. The summed E-state index contributed by atoms with van der Waals surface area (Å²) in [5.74, 6) is -1.57. The lowest BCUT2D eigenvalue weighted by molar-refractivity contribution is -0.142. The first-order chi connectivity index (χ1) is 11.4. The second kappa shape index (κ2) is 5.39. The maximum atomic E-state index is 13.1. The third-order valence-electron chi connectivity index (χ3n) is 5.60. The van der Waals surface area contributed by atoms with Gasteiger partial charge in [0.1, 0.15) is 0 Å². The number of ketones is 1. The van der Waals surface area contributed by atoms with Crippen molar-refractivity contribution in [3.05, 3.63) is 29.3 Å². The summed E-state index contributed by atoms with van der Waals surface area (Å²) in [5.41, 5.74) is 1.40. The number of fused-ring (bicyclic) bond motifs is 3. The smallest absolute Gasteiger partial charge is 0.308 e. The number of carboxylic acids is 1. The maximum Gasteiger partial charge on any atom is 0.308 e. The molecule has 128 valence electrons. The molecule has 0 amide bonds. The molecule has 1 aliphatic carbocycles. The van der Waals surface area contributed by atoms with Gasteiger partial charge in [-0.15, -0.1) is 0 Å². The van der Waals surface area contributed by atoms with Gasteiger partial charge < -0.3 is 5.11 Å². The van der Waals surface area contributed by atoms with Crippen LogP contribution in [-0.2, 0) is 21.2 Å².